The van der Waals surface area contributed by atoms with Crippen LogP contribution in [0.15, 0.2) is 0 Å². The van der Waals surface area contributed by atoms with Gasteiger partial charge in [-0.25, -0.2) is 0 Å². The predicted octanol–water partition coefficient (Wildman–Crippen LogP) is 2.35. The van der Waals surface area contributed by atoms with E-state index in [2.05, 4.69) is 31.0 Å². The Morgan fingerprint density at radius 2 is 2.27 bits per heavy atom. The molecular formula is C13H28N2. The minimum absolute atomic E-state index is 0.824. The molecule has 15 heavy (non-hydrogen) atoms. The first-order valence-corrected chi connectivity index (χ1v) is 6.65. The van der Waals surface area contributed by atoms with E-state index < -0.39 is 0 Å². The molecule has 0 aromatic carbocycles. The number of nitrogens with zero attached hydrogens (tertiary/aromatic N) is 1. The fourth-order valence-corrected chi connectivity index (χ4v) is 2.22. The SMILES string of the molecule is CCC(C)CNCCN1CCCC(C)C1. The van der Waals surface area contributed by atoms with Crippen molar-refractivity contribution in [2.75, 3.05) is 32.7 Å². The molecule has 2 atom stereocenters. The van der Waals surface area contributed by atoms with Gasteiger partial charge in [-0.05, 0) is 37.8 Å². The average Bonchev–Trinajstić information content (AvgIpc) is 2.24. The first kappa shape index (κ1) is 13.0. The minimum Gasteiger partial charge on any atom is -0.315 e. The van der Waals surface area contributed by atoms with E-state index in [1.54, 1.807) is 0 Å². The van der Waals surface area contributed by atoms with Crippen molar-refractivity contribution in [3.63, 3.8) is 0 Å². The van der Waals surface area contributed by atoms with E-state index in [1.807, 2.05) is 0 Å². The fourth-order valence-electron chi connectivity index (χ4n) is 2.22. The molecule has 1 fully saturated rings. The highest BCUT2D eigenvalue weighted by atomic mass is 15.1. The zero-order valence-corrected chi connectivity index (χ0v) is 10.8. The van der Waals surface area contributed by atoms with Crippen molar-refractivity contribution < 1.29 is 0 Å². The first-order chi connectivity index (χ1) is 7.22. The van der Waals surface area contributed by atoms with Crippen LogP contribution >= 0.6 is 0 Å². The number of piperidine rings is 1. The van der Waals surface area contributed by atoms with Gasteiger partial charge >= 0.3 is 0 Å². The maximum atomic E-state index is 3.56. The number of hydrogen-bond acceptors (Lipinski definition) is 2. The van der Waals surface area contributed by atoms with Crippen LogP contribution in [0.4, 0.5) is 0 Å². The highest BCUT2D eigenvalue weighted by molar-refractivity contribution is 4.70. The van der Waals surface area contributed by atoms with Crippen LogP contribution in [0.1, 0.15) is 40.0 Å². The van der Waals surface area contributed by atoms with Crippen LogP contribution in [0.2, 0.25) is 0 Å². The molecule has 90 valence electrons. The molecule has 0 bridgehead atoms. The summed E-state index contributed by atoms with van der Waals surface area (Å²) in [5, 5.41) is 3.56. The smallest absolute Gasteiger partial charge is 0.0107 e. The molecule has 0 aliphatic carbocycles. The average molecular weight is 212 g/mol. The fraction of sp³-hybridized carbons (Fsp3) is 1.00. The lowest BCUT2D eigenvalue weighted by Gasteiger charge is -2.30. The van der Waals surface area contributed by atoms with Crippen molar-refractivity contribution in [3.05, 3.63) is 0 Å². The Morgan fingerprint density at radius 1 is 1.47 bits per heavy atom. The van der Waals surface area contributed by atoms with Gasteiger partial charge in [0.15, 0.2) is 0 Å². The third-order valence-corrected chi connectivity index (χ3v) is 3.54. The molecule has 0 amide bonds. The number of hydrogen-bond donors (Lipinski definition) is 1. The van der Waals surface area contributed by atoms with E-state index in [9.17, 15) is 0 Å². The maximum absolute atomic E-state index is 3.56. The van der Waals surface area contributed by atoms with Gasteiger partial charge in [-0.2, -0.15) is 0 Å². The maximum Gasteiger partial charge on any atom is 0.0107 e. The van der Waals surface area contributed by atoms with Gasteiger partial charge in [0.2, 0.25) is 0 Å². The summed E-state index contributed by atoms with van der Waals surface area (Å²) in [6.45, 7) is 13.2. The Kier molecular flexibility index (Phi) is 6.26. The van der Waals surface area contributed by atoms with E-state index >= 15 is 0 Å². The molecule has 1 saturated heterocycles. The monoisotopic (exact) mass is 212 g/mol. The second-order valence-electron chi connectivity index (χ2n) is 5.27. The van der Waals surface area contributed by atoms with Crippen LogP contribution in [0.5, 0.6) is 0 Å². The van der Waals surface area contributed by atoms with Crippen molar-refractivity contribution in [2.24, 2.45) is 11.8 Å². The van der Waals surface area contributed by atoms with E-state index in [0.29, 0.717) is 0 Å². The van der Waals surface area contributed by atoms with Gasteiger partial charge in [-0.15, -0.1) is 0 Å². The lowest BCUT2D eigenvalue weighted by Crippen LogP contribution is -2.39. The number of likely N-dealkylation sites (tertiary alicyclic amines) is 1. The summed E-state index contributed by atoms with van der Waals surface area (Å²) in [5.74, 6) is 1.73. The molecule has 2 nitrogen and oxygen atoms in total. The molecule has 1 rings (SSSR count). The summed E-state index contributed by atoms with van der Waals surface area (Å²) in [5.41, 5.74) is 0. The number of rotatable bonds is 6. The summed E-state index contributed by atoms with van der Waals surface area (Å²) in [6.07, 6.45) is 4.11. The zero-order chi connectivity index (χ0) is 11.1. The largest absolute Gasteiger partial charge is 0.315 e. The molecule has 1 heterocycles. The van der Waals surface area contributed by atoms with Gasteiger partial charge in [0.1, 0.15) is 0 Å². The second-order valence-corrected chi connectivity index (χ2v) is 5.27. The van der Waals surface area contributed by atoms with E-state index in [1.165, 1.54) is 45.4 Å². The highest BCUT2D eigenvalue weighted by Gasteiger charge is 2.15. The Balaban J connectivity index is 1.99. The Bertz CT molecular complexity index is 159. The van der Waals surface area contributed by atoms with Gasteiger partial charge in [0.25, 0.3) is 0 Å². The highest BCUT2D eigenvalue weighted by Crippen LogP contribution is 2.14. The topological polar surface area (TPSA) is 15.3 Å². The molecule has 0 saturated carbocycles. The summed E-state index contributed by atoms with van der Waals surface area (Å²) < 4.78 is 0. The van der Waals surface area contributed by atoms with Gasteiger partial charge < -0.3 is 10.2 Å². The normalized spacial score (nSPS) is 25.4. The standard InChI is InChI=1S/C13H28N2/c1-4-12(2)10-14-7-9-15-8-5-6-13(3)11-15/h12-14H,4-11H2,1-3H3. The van der Waals surface area contributed by atoms with Crippen LogP contribution < -0.4 is 5.32 Å². The van der Waals surface area contributed by atoms with Crippen molar-refractivity contribution >= 4 is 0 Å². The Hall–Kier alpha value is -0.0800. The summed E-state index contributed by atoms with van der Waals surface area (Å²) in [6, 6.07) is 0. The molecule has 0 aromatic heterocycles. The van der Waals surface area contributed by atoms with Gasteiger partial charge in [0.05, 0.1) is 0 Å². The molecule has 0 radical (unpaired) electrons. The third-order valence-electron chi connectivity index (χ3n) is 3.54. The van der Waals surface area contributed by atoms with Crippen molar-refractivity contribution in [2.45, 2.75) is 40.0 Å². The Morgan fingerprint density at radius 3 is 2.93 bits per heavy atom. The first-order valence-electron chi connectivity index (χ1n) is 6.65. The van der Waals surface area contributed by atoms with Crippen LogP contribution in [-0.4, -0.2) is 37.6 Å². The lowest BCUT2D eigenvalue weighted by molar-refractivity contribution is 0.184. The summed E-state index contributed by atoms with van der Waals surface area (Å²) >= 11 is 0. The molecule has 1 aliphatic rings. The van der Waals surface area contributed by atoms with Crippen LogP contribution in [0, 0.1) is 11.8 Å². The predicted molar refractivity (Wildman–Crippen MR) is 67.2 cm³/mol. The van der Waals surface area contributed by atoms with Gasteiger partial charge in [-0.1, -0.05) is 27.2 Å². The van der Waals surface area contributed by atoms with Crippen molar-refractivity contribution in [1.29, 1.82) is 0 Å². The minimum atomic E-state index is 0.824. The molecule has 1 N–H and O–H groups in total. The van der Waals surface area contributed by atoms with Crippen LogP contribution in [0.25, 0.3) is 0 Å². The quantitative estimate of drug-likeness (QED) is 0.680. The Labute approximate surface area is 95.4 Å². The third kappa shape index (κ3) is 5.53. The number of nitrogens with one attached hydrogen (secondary N) is 1. The second kappa shape index (κ2) is 7.24. The van der Waals surface area contributed by atoms with E-state index in [4.69, 9.17) is 0 Å². The van der Waals surface area contributed by atoms with E-state index in [0.717, 1.165) is 18.4 Å². The van der Waals surface area contributed by atoms with E-state index in [-0.39, 0.29) is 0 Å². The molecule has 2 heteroatoms. The molecule has 0 spiro atoms. The summed E-state index contributed by atoms with van der Waals surface area (Å²) in [7, 11) is 0. The van der Waals surface area contributed by atoms with Crippen LogP contribution in [-0.2, 0) is 0 Å². The van der Waals surface area contributed by atoms with Crippen molar-refractivity contribution in [3.8, 4) is 0 Å². The molecule has 2 unspecified atom stereocenters. The summed E-state index contributed by atoms with van der Waals surface area (Å²) in [4.78, 5) is 2.61. The molecule has 1 aliphatic heterocycles. The molecule has 0 aromatic rings. The lowest BCUT2D eigenvalue weighted by atomic mass is 10.0. The van der Waals surface area contributed by atoms with Crippen LogP contribution in [0.3, 0.4) is 0 Å². The molecular weight excluding hydrogens is 184 g/mol. The van der Waals surface area contributed by atoms with Gasteiger partial charge in [0, 0.05) is 19.6 Å². The van der Waals surface area contributed by atoms with Crippen molar-refractivity contribution in [1.82, 2.24) is 10.2 Å². The van der Waals surface area contributed by atoms with Gasteiger partial charge in [-0.3, -0.25) is 0 Å². The zero-order valence-electron chi connectivity index (χ0n) is 10.8.